The number of nitrogens with zero attached hydrogens (tertiary/aromatic N) is 4. The number of carbonyl (C=O) groups is 1. The minimum Gasteiger partial charge on any atom is -0.497 e. The maximum absolute atomic E-state index is 13.7. The third-order valence-corrected chi connectivity index (χ3v) is 7.16. The van der Waals surface area contributed by atoms with Gasteiger partial charge in [0.15, 0.2) is 5.78 Å². The highest BCUT2D eigenvalue weighted by Crippen LogP contribution is 2.31. The lowest BCUT2D eigenvalue weighted by molar-refractivity contribution is -0.384. The van der Waals surface area contributed by atoms with E-state index in [0.29, 0.717) is 13.1 Å². The Balaban J connectivity index is 1.34. The summed E-state index contributed by atoms with van der Waals surface area (Å²) in [6.45, 7) is 6.06. The number of benzene rings is 3. The van der Waals surface area contributed by atoms with Crippen LogP contribution < -0.4 is 9.64 Å². The predicted molar refractivity (Wildman–Crippen MR) is 145 cm³/mol. The molecule has 1 aromatic heterocycles. The molecule has 0 atom stereocenters. The maximum atomic E-state index is 13.7. The monoisotopic (exact) mass is 498 g/mol. The molecule has 1 saturated heterocycles. The largest absolute Gasteiger partial charge is 0.497 e. The standard InChI is InChI=1S/C29H30N4O4/c1-21-29(26-18-25(37-2)12-13-27(26)32(21)19-22-6-4-3-5-7-22)28(34)20-30-14-16-31(17-15-30)23-8-10-24(11-9-23)33(35)36/h3-13,18H,14-17,19-20H2,1-2H3. The number of nitro benzene ring substituents is 1. The van der Waals surface area contributed by atoms with Crippen molar-refractivity contribution in [2.24, 2.45) is 0 Å². The summed E-state index contributed by atoms with van der Waals surface area (Å²) in [5, 5.41) is 11.8. The van der Waals surface area contributed by atoms with Crippen molar-refractivity contribution < 1.29 is 14.5 Å². The average Bonchev–Trinajstić information content (AvgIpc) is 3.20. The first-order valence-electron chi connectivity index (χ1n) is 12.4. The molecule has 0 bridgehead atoms. The third kappa shape index (κ3) is 5.06. The topological polar surface area (TPSA) is 80.8 Å². The number of non-ortho nitro benzene ring substituents is 1. The zero-order valence-electron chi connectivity index (χ0n) is 21.1. The number of Topliss-reactive ketones (excluding diaryl/α,β-unsaturated/α-hetero) is 1. The quantitative estimate of drug-likeness (QED) is 0.195. The minimum absolute atomic E-state index is 0.0893. The molecule has 0 radical (unpaired) electrons. The van der Waals surface area contributed by atoms with Crippen molar-refractivity contribution in [3.63, 3.8) is 0 Å². The number of methoxy groups -OCH3 is 1. The number of carbonyl (C=O) groups excluding carboxylic acids is 1. The summed E-state index contributed by atoms with van der Waals surface area (Å²) in [5.74, 6) is 0.835. The first kappa shape index (κ1) is 24.5. The van der Waals surface area contributed by atoms with Gasteiger partial charge in [0.25, 0.3) is 5.69 Å². The van der Waals surface area contributed by atoms with Crippen LogP contribution in [0, 0.1) is 17.0 Å². The normalized spacial score (nSPS) is 14.2. The van der Waals surface area contributed by atoms with Gasteiger partial charge in [-0.1, -0.05) is 30.3 Å². The number of aromatic nitrogens is 1. The van der Waals surface area contributed by atoms with Crippen LogP contribution in [0.3, 0.4) is 0 Å². The molecule has 1 aliphatic rings. The van der Waals surface area contributed by atoms with Crippen LogP contribution in [0.25, 0.3) is 10.9 Å². The van der Waals surface area contributed by atoms with E-state index in [2.05, 4.69) is 26.5 Å². The Morgan fingerprint density at radius 2 is 1.68 bits per heavy atom. The van der Waals surface area contributed by atoms with Crippen LogP contribution in [0.4, 0.5) is 11.4 Å². The Hall–Kier alpha value is -4.17. The molecule has 1 fully saturated rings. The van der Waals surface area contributed by atoms with E-state index in [1.807, 2.05) is 43.3 Å². The number of rotatable bonds is 8. The lowest BCUT2D eigenvalue weighted by Crippen LogP contribution is -2.48. The van der Waals surface area contributed by atoms with Gasteiger partial charge in [-0.25, -0.2) is 0 Å². The molecule has 0 N–H and O–H groups in total. The zero-order valence-corrected chi connectivity index (χ0v) is 21.1. The number of fused-ring (bicyclic) bond motifs is 1. The number of hydrogen-bond donors (Lipinski definition) is 0. The van der Waals surface area contributed by atoms with Gasteiger partial charge in [-0.3, -0.25) is 19.8 Å². The molecule has 2 heterocycles. The molecule has 4 aromatic rings. The molecule has 8 nitrogen and oxygen atoms in total. The Morgan fingerprint density at radius 1 is 0.973 bits per heavy atom. The molecule has 8 heteroatoms. The van der Waals surface area contributed by atoms with E-state index < -0.39 is 0 Å². The van der Waals surface area contributed by atoms with E-state index in [-0.39, 0.29) is 16.4 Å². The van der Waals surface area contributed by atoms with Crippen LogP contribution in [-0.4, -0.2) is 60.0 Å². The van der Waals surface area contributed by atoms with Crippen LogP contribution in [0.5, 0.6) is 5.75 Å². The van der Waals surface area contributed by atoms with Crippen molar-refractivity contribution in [2.75, 3.05) is 44.7 Å². The average molecular weight is 499 g/mol. The molecular weight excluding hydrogens is 468 g/mol. The van der Waals surface area contributed by atoms with Gasteiger partial charge in [-0.2, -0.15) is 0 Å². The van der Waals surface area contributed by atoms with E-state index in [4.69, 9.17) is 4.74 Å². The lowest BCUT2D eigenvalue weighted by Gasteiger charge is -2.35. The first-order valence-corrected chi connectivity index (χ1v) is 12.4. The Kier molecular flexibility index (Phi) is 6.92. The fourth-order valence-electron chi connectivity index (χ4n) is 5.14. The van der Waals surface area contributed by atoms with Crippen LogP contribution in [0.2, 0.25) is 0 Å². The van der Waals surface area contributed by atoms with Crippen molar-refractivity contribution in [2.45, 2.75) is 13.5 Å². The Labute approximate surface area is 215 Å². The predicted octanol–water partition coefficient (Wildman–Crippen LogP) is 4.92. The van der Waals surface area contributed by atoms with Crippen molar-refractivity contribution in [3.8, 4) is 5.75 Å². The van der Waals surface area contributed by atoms with Crippen LogP contribution in [0.1, 0.15) is 21.6 Å². The molecule has 5 rings (SSSR count). The van der Waals surface area contributed by atoms with E-state index in [1.54, 1.807) is 19.2 Å². The number of anilines is 1. The van der Waals surface area contributed by atoms with Crippen LogP contribution in [0.15, 0.2) is 72.8 Å². The number of ether oxygens (including phenoxy) is 1. The number of hydrogen-bond acceptors (Lipinski definition) is 6. The third-order valence-electron chi connectivity index (χ3n) is 7.16. The highest BCUT2D eigenvalue weighted by molar-refractivity contribution is 6.10. The van der Waals surface area contributed by atoms with Gasteiger partial charge < -0.3 is 14.2 Å². The highest BCUT2D eigenvalue weighted by atomic mass is 16.6. The molecule has 0 aliphatic carbocycles. The van der Waals surface area contributed by atoms with Crippen LogP contribution >= 0.6 is 0 Å². The smallest absolute Gasteiger partial charge is 0.269 e. The fourth-order valence-corrected chi connectivity index (χ4v) is 5.14. The molecule has 3 aromatic carbocycles. The number of nitro groups is 1. The molecular formula is C29H30N4O4. The highest BCUT2D eigenvalue weighted by Gasteiger charge is 2.25. The van der Waals surface area contributed by atoms with Gasteiger partial charge in [-0.15, -0.1) is 0 Å². The van der Waals surface area contributed by atoms with Gasteiger partial charge in [0.2, 0.25) is 0 Å². The second-order valence-electron chi connectivity index (χ2n) is 9.38. The second kappa shape index (κ2) is 10.4. The van der Waals surface area contributed by atoms with Crippen molar-refractivity contribution in [1.29, 1.82) is 0 Å². The van der Waals surface area contributed by atoms with Crippen molar-refractivity contribution in [3.05, 3.63) is 99.7 Å². The summed E-state index contributed by atoms with van der Waals surface area (Å²) >= 11 is 0. The maximum Gasteiger partial charge on any atom is 0.269 e. The first-order chi connectivity index (χ1) is 17.9. The summed E-state index contributed by atoms with van der Waals surface area (Å²) in [6, 6.07) is 22.8. The summed E-state index contributed by atoms with van der Waals surface area (Å²) in [7, 11) is 1.64. The molecule has 0 unspecified atom stereocenters. The molecule has 190 valence electrons. The van der Waals surface area contributed by atoms with Gasteiger partial charge in [-0.05, 0) is 42.8 Å². The van der Waals surface area contributed by atoms with E-state index >= 15 is 0 Å². The number of ketones is 1. The van der Waals surface area contributed by atoms with Crippen molar-refractivity contribution in [1.82, 2.24) is 9.47 Å². The zero-order chi connectivity index (χ0) is 25.9. The minimum atomic E-state index is -0.387. The molecule has 37 heavy (non-hydrogen) atoms. The Morgan fingerprint density at radius 3 is 2.32 bits per heavy atom. The van der Waals surface area contributed by atoms with Crippen LogP contribution in [-0.2, 0) is 6.54 Å². The van der Waals surface area contributed by atoms with E-state index in [0.717, 1.165) is 59.8 Å². The van der Waals surface area contributed by atoms with Gasteiger partial charge in [0, 0.05) is 72.7 Å². The summed E-state index contributed by atoms with van der Waals surface area (Å²) in [5.41, 5.74) is 4.97. The van der Waals surface area contributed by atoms with E-state index in [1.165, 1.54) is 17.7 Å². The molecule has 0 amide bonds. The molecule has 0 spiro atoms. The SMILES string of the molecule is COc1ccc2c(c1)c(C(=O)CN1CCN(c3ccc([N+](=O)[O-])cc3)CC1)c(C)n2Cc1ccccc1. The second-order valence-corrected chi connectivity index (χ2v) is 9.38. The summed E-state index contributed by atoms with van der Waals surface area (Å²) in [4.78, 5) is 28.6. The van der Waals surface area contributed by atoms with Gasteiger partial charge in [0.05, 0.1) is 18.6 Å². The summed E-state index contributed by atoms with van der Waals surface area (Å²) in [6.07, 6.45) is 0. The fraction of sp³-hybridized carbons (Fsp3) is 0.276. The summed E-state index contributed by atoms with van der Waals surface area (Å²) < 4.78 is 7.69. The lowest BCUT2D eigenvalue weighted by atomic mass is 10.1. The van der Waals surface area contributed by atoms with Crippen molar-refractivity contribution >= 4 is 28.1 Å². The Bertz CT molecular complexity index is 1420. The van der Waals surface area contributed by atoms with Gasteiger partial charge in [0.1, 0.15) is 5.75 Å². The molecule has 0 saturated carbocycles. The van der Waals surface area contributed by atoms with Gasteiger partial charge >= 0.3 is 0 Å². The number of piperazine rings is 1. The van der Waals surface area contributed by atoms with E-state index in [9.17, 15) is 14.9 Å². The molecule has 1 aliphatic heterocycles.